The number of benzene rings is 2. The zero-order valence-corrected chi connectivity index (χ0v) is 16.1. The third kappa shape index (κ3) is 4.30. The lowest BCUT2D eigenvalue weighted by atomic mass is 10.0. The highest BCUT2D eigenvalue weighted by Gasteiger charge is 2.17. The van der Waals surface area contributed by atoms with Crippen molar-refractivity contribution in [1.82, 2.24) is 10.2 Å². The topological polar surface area (TPSA) is 78.3 Å². The average molecular weight is 382 g/mol. The minimum atomic E-state index is -0.901. The van der Waals surface area contributed by atoms with E-state index in [1.165, 1.54) is 6.07 Å². The fourth-order valence-electron chi connectivity index (χ4n) is 2.71. The van der Waals surface area contributed by atoms with E-state index in [4.69, 9.17) is 11.6 Å². The molecular formula is C21H20ClN3O2. The van der Waals surface area contributed by atoms with Crippen LogP contribution < -0.4 is 5.32 Å². The summed E-state index contributed by atoms with van der Waals surface area (Å²) >= 11 is 5.94. The van der Waals surface area contributed by atoms with E-state index in [1.807, 2.05) is 18.2 Å². The number of aliphatic hydroxyl groups is 1. The van der Waals surface area contributed by atoms with Gasteiger partial charge >= 0.3 is 0 Å². The van der Waals surface area contributed by atoms with Gasteiger partial charge in [0, 0.05) is 33.5 Å². The van der Waals surface area contributed by atoms with Crippen LogP contribution in [-0.2, 0) is 0 Å². The van der Waals surface area contributed by atoms with Gasteiger partial charge in [0.25, 0.3) is 0 Å². The Labute approximate surface area is 163 Å². The zero-order valence-electron chi connectivity index (χ0n) is 15.3. The van der Waals surface area contributed by atoms with Gasteiger partial charge in [0.15, 0.2) is 5.82 Å². The number of halogens is 1. The van der Waals surface area contributed by atoms with Crippen molar-refractivity contribution in [1.29, 1.82) is 0 Å². The number of aromatic hydroxyl groups is 1. The number of rotatable bonds is 4. The molecule has 0 fully saturated rings. The number of phenolic OH excluding ortho intramolecular Hbond substituents is 1. The van der Waals surface area contributed by atoms with Gasteiger partial charge in [0.2, 0.25) is 0 Å². The van der Waals surface area contributed by atoms with Gasteiger partial charge in [-0.15, -0.1) is 16.1 Å². The number of aromatic nitrogens is 2. The summed E-state index contributed by atoms with van der Waals surface area (Å²) in [5.74, 6) is 6.50. The van der Waals surface area contributed by atoms with Crippen molar-refractivity contribution < 1.29 is 10.2 Å². The number of nitrogens with zero attached hydrogens (tertiary/aromatic N) is 2. The lowest BCUT2D eigenvalue weighted by Gasteiger charge is -2.19. The van der Waals surface area contributed by atoms with Crippen molar-refractivity contribution in [3.63, 3.8) is 0 Å². The molecule has 0 spiro atoms. The average Bonchev–Trinajstić information content (AvgIpc) is 2.59. The number of hydrogen-bond donors (Lipinski definition) is 3. The van der Waals surface area contributed by atoms with E-state index in [1.54, 1.807) is 32.9 Å². The van der Waals surface area contributed by atoms with Crippen LogP contribution in [0.3, 0.4) is 0 Å². The molecule has 0 amide bonds. The highest BCUT2D eigenvalue weighted by Crippen LogP contribution is 2.36. The van der Waals surface area contributed by atoms with Crippen LogP contribution in [0.1, 0.15) is 26.3 Å². The Bertz CT molecular complexity index is 1060. The predicted octanol–water partition coefficient (Wildman–Crippen LogP) is 4.21. The van der Waals surface area contributed by atoms with Crippen LogP contribution in [0.2, 0.25) is 5.02 Å². The van der Waals surface area contributed by atoms with E-state index in [0.717, 1.165) is 16.3 Å². The Morgan fingerprint density at radius 1 is 1.11 bits per heavy atom. The molecule has 0 atom stereocenters. The lowest BCUT2D eigenvalue weighted by Crippen LogP contribution is -2.29. The van der Waals surface area contributed by atoms with Crippen molar-refractivity contribution in [2.45, 2.75) is 26.4 Å². The molecule has 3 rings (SSSR count). The molecule has 0 unspecified atom stereocenters. The van der Waals surface area contributed by atoms with Crippen LogP contribution >= 0.6 is 11.6 Å². The molecule has 0 saturated heterocycles. The predicted molar refractivity (Wildman–Crippen MR) is 109 cm³/mol. The van der Waals surface area contributed by atoms with Crippen molar-refractivity contribution in [2.75, 3.05) is 11.9 Å². The van der Waals surface area contributed by atoms with Gasteiger partial charge in [-0.25, -0.2) is 0 Å². The molecule has 1 aromatic heterocycles. The summed E-state index contributed by atoms with van der Waals surface area (Å²) in [6, 6.07) is 10.6. The van der Waals surface area contributed by atoms with Crippen molar-refractivity contribution in [3.8, 4) is 28.8 Å². The van der Waals surface area contributed by atoms with Gasteiger partial charge in [-0.2, -0.15) is 0 Å². The Balaban J connectivity index is 2.20. The highest BCUT2D eigenvalue weighted by atomic mass is 35.5. The Morgan fingerprint density at radius 3 is 2.56 bits per heavy atom. The fourth-order valence-corrected chi connectivity index (χ4v) is 2.88. The molecule has 0 saturated carbocycles. The Kier molecular flexibility index (Phi) is 5.22. The highest BCUT2D eigenvalue weighted by molar-refractivity contribution is 6.30. The molecule has 27 heavy (non-hydrogen) atoms. The standard InChI is InChI=1S/C21H20ClN3O2/c1-4-5-13-6-8-15-17(10-13)20(23-12-21(2,3)27)25-24-19(15)16-9-7-14(22)11-18(16)26/h6-11,26-27H,12H2,1-3H3,(H,23,25). The first-order chi connectivity index (χ1) is 12.8. The van der Waals surface area contributed by atoms with E-state index in [2.05, 4.69) is 27.4 Å². The summed E-state index contributed by atoms with van der Waals surface area (Å²) in [5, 5.41) is 34.1. The van der Waals surface area contributed by atoms with Gasteiger partial charge in [-0.1, -0.05) is 23.6 Å². The minimum absolute atomic E-state index is 0.0349. The quantitative estimate of drug-likeness (QED) is 0.590. The molecule has 3 aromatic rings. The van der Waals surface area contributed by atoms with E-state index < -0.39 is 5.60 Å². The molecule has 1 heterocycles. The second-order valence-electron chi connectivity index (χ2n) is 6.86. The van der Waals surface area contributed by atoms with Gasteiger partial charge in [-0.05, 0) is 51.1 Å². The van der Waals surface area contributed by atoms with Gasteiger partial charge < -0.3 is 15.5 Å². The molecule has 3 N–H and O–H groups in total. The summed E-state index contributed by atoms with van der Waals surface area (Å²) in [7, 11) is 0. The SMILES string of the molecule is CC#Cc1ccc2c(-c3ccc(Cl)cc3O)nnc(NCC(C)(C)O)c2c1. The number of fused-ring (bicyclic) bond motifs is 1. The molecule has 138 valence electrons. The smallest absolute Gasteiger partial charge is 0.156 e. The first kappa shape index (κ1) is 19.0. The molecule has 0 aliphatic rings. The van der Waals surface area contributed by atoms with Crippen molar-refractivity contribution >= 4 is 28.2 Å². The van der Waals surface area contributed by atoms with Crippen LogP contribution in [-0.4, -0.2) is 32.6 Å². The molecule has 2 aromatic carbocycles. The maximum atomic E-state index is 10.3. The van der Waals surface area contributed by atoms with Crippen LogP contribution in [0.5, 0.6) is 5.75 Å². The molecule has 0 aliphatic carbocycles. The summed E-state index contributed by atoms with van der Waals surface area (Å²) in [4.78, 5) is 0. The maximum absolute atomic E-state index is 10.3. The monoisotopic (exact) mass is 381 g/mol. The van der Waals surface area contributed by atoms with Crippen LogP contribution in [0.4, 0.5) is 5.82 Å². The number of nitrogens with one attached hydrogen (secondary N) is 1. The largest absolute Gasteiger partial charge is 0.507 e. The van der Waals surface area contributed by atoms with Crippen molar-refractivity contribution in [2.24, 2.45) is 0 Å². The number of phenols is 1. The van der Waals surface area contributed by atoms with E-state index in [-0.39, 0.29) is 5.75 Å². The minimum Gasteiger partial charge on any atom is -0.507 e. The van der Waals surface area contributed by atoms with E-state index in [0.29, 0.717) is 28.6 Å². The first-order valence-corrected chi connectivity index (χ1v) is 8.84. The maximum Gasteiger partial charge on any atom is 0.156 e. The normalized spacial score (nSPS) is 11.1. The number of hydrogen-bond acceptors (Lipinski definition) is 5. The third-order valence-electron chi connectivity index (χ3n) is 3.95. The summed E-state index contributed by atoms with van der Waals surface area (Å²) in [6.07, 6.45) is 0. The van der Waals surface area contributed by atoms with Crippen molar-refractivity contribution in [3.05, 3.63) is 47.0 Å². The third-order valence-corrected chi connectivity index (χ3v) is 4.19. The molecular weight excluding hydrogens is 362 g/mol. The number of anilines is 1. The zero-order chi connectivity index (χ0) is 19.6. The molecule has 6 heteroatoms. The summed E-state index contributed by atoms with van der Waals surface area (Å²) < 4.78 is 0. The van der Waals surface area contributed by atoms with Gasteiger partial charge in [0.1, 0.15) is 11.4 Å². The lowest BCUT2D eigenvalue weighted by molar-refractivity contribution is 0.0944. The van der Waals surface area contributed by atoms with E-state index in [9.17, 15) is 10.2 Å². The summed E-state index contributed by atoms with van der Waals surface area (Å²) in [5.41, 5.74) is 1.03. The van der Waals surface area contributed by atoms with Gasteiger partial charge in [-0.3, -0.25) is 0 Å². The Hall–Kier alpha value is -2.81. The molecule has 0 aliphatic heterocycles. The second-order valence-corrected chi connectivity index (χ2v) is 7.30. The fraction of sp³-hybridized carbons (Fsp3) is 0.238. The van der Waals surface area contributed by atoms with Gasteiger partial charge in [0.05, 0.1) is 5.60 Å². The van der Waals surface area contributed by atoms with Crippen LogP contribution in [0.15, 0.2) is 36.4 Å². The Morgan fingerprint density at radius 2 is 1.89 bits per heavy atom. The summed E-state index contributed by atoms with van der Waals surface area (Å²) in [6.45, 7) is 5.51. The second kappa shape index (κ2) is 7.43. The van der Waals surface area contributed by atoms with Crippen LogP contribution in [0.25, 0.3) is 22.0 Å². The van der Waals surface area contributed by atoms with E-state index >= 15 is 0 Å². The molecule has 5 nitrogen and oxygen atoms in total. The molecule has 0 radical (unpaired) electrons. The van der Waals surface area contributed by atoms with Crippen LogP contribution in [0, 0.1) is 11.8 Å². The molecule has 0 bridgehead atoms. The first-order valence-electron chi connectivity index (χ1n) is 8.47.